The number of urea groups is 1. The van der Waals surface area contributed by atoms with Crippen molar-refractivity contribution >= 4 is 23.3 Å². The number of hydrogen-bond donors (Lipinski definition) is 3. The van der Waals surface area contributed by atoms with Gasteiger partial charge in [0.2, 0.25) is 0 Å². The monoisotopic (exact) mass is 593 g/mol. The van der Waals surface area contributed by atoms with Gasteiger partial charge in [-0.15, -0.1) is 0 Å². The summed E-state index contributed by atoms with van der Waals surface area (Å²) in [6, 6.07) is 25.0. The molecule has 1 aliphatic rings. The summed E-state index contributed by atoms with van der Waals surface area (Å²) in [6.07, 6.45) is 2.24. The molecule has 2 amide bonds. The van der Waals surface area contributed by atoms with Crippen molar-refractivity contribution in [3.8, 4) is 11.4 Å². The number of nitrogens with zero attached hydrogens (tertiary/aromatic N) is 2. The summed E-state index contributed by atoms with van der Waals surface area (Å²) in [5, 5.41) is 14.2. The van der Waals surface area contributed by atoms with Crippen LogP contribution in [0.15, 0.2) is 78.9 Å². The van der Waals surface area contributed by atoms with Crippen LogP contribution < -0.4 is 20.7 Å². The van der Waals surface area contributed by atoms with Gasteiger partial charge in [-0.3, -0.25) is 10.1 Å². The molecule has 0 saturated carbocycles. The summed E-state index contributed by atoms with van der Waals surface area (Å²) in [7, 11) is 1.64. The van der Waals surface area contributed by atoms with Crippen LogP contribution in [0.4, 0.5) is 16.3 Å². The van der Waals surface area contributed by atoms with Crippen molar-refractivity contribution in [2.75, 3.05) is 30.8 Å². The molecule has 0 spiro atoms. The number of carbonyl (C=O) groups is 2. The number of piperidine rings is 1. The molecule has 5 rings (SSSR count). The molecule has 1 aromatic heterocycles. The zero-order chi connectivity index (χ0) is 31.3. The molecule has 8 heteroatoms. The van der Waals surface area contributed by atoms with Gasteiger partial charge in [-0.05, 0) is 86.3 Å². The minimum Gasteiger partial charge on any atom is -0.497 e. The van der Waals surface area contributed by atoms with E-state index in [0.717, 1.165) is 59.8 Å². The van der Waals surface area contributed by atoms with Crippen molar-refractivity contribution < 1.29 is 14.3 Å². The van der Waals surface area contributed by atoms with Crippen LogP contribution in [0.25, 0.3) is 5.69 Å². The van der Waals surface area contributed by atoms with E-state index < -0.39 is 0 Å². The first-order valence-corrected chi connectivity index (χ1v) is 15.3. The number of anilines is 2. The molecular weight excluding hydrogens is 550 g/mol. The molecule has 0 radical (unpaired) electrons. The maximum atomic E-state index is 13.8. The number of hydrogen-bond acceptors (Lipinski definition) is 5. The largest absolute Gasteiger partial charge is 0.497 e. The standard InChI is InChI=1S/C36H43N5O3/c1-24-9-15-29(16-10-24)41-33(23-32(40-41)36(2,3)4)39-35(43)38-28-13-11-26(12-14-28)34(27-17-19-37-20-18-27)31(42)22-25-7-6-8-30(21-25)44-5/h6-16,21,23,27,34,37H,17-20,22H2,1-5H3,(H2,38,39,43). The van der Waals surface area contributed by atoms with Crippen LogP contribution in [-0.4, -0.2) is 41.8 Å². The van der Waals surface area contributed by atoms with Crippen LogP contribution in [-0.2, 0) is 16.6 Å². The third kappa shape index (κ3) is 7.55. The molecule has 1 aliphatic heterocycles. The van der Waals surface area contributed by atoms with Gasteiger partial charge in [0.15, 0.2) is 0 Å². The van der Waals surface area contributed by atoms with Gasteiger partial charge < -0.3 is 15.4 Å². The van der Waals surface area contributed by atoms with Gasteiger partial charge in [0, 0.05) is 29.5 Å². The maximum Gasteiger partial charge on any atom is 0.324 e. The Kier molecular flexibility index (Phi) is 9.49. The average Bonchev–Trinajstić information content (AvgIpc) is 3.43. The number of aromatic nitrogens is 2. The highest BCUT2D eigenvalue weighted by molar-refractivity contribution is 5.99. The van der Waals surface area contributed by atoms with E-state index in [1.54, 1.807) is 11.8 Å². The van der Waals surface area contributed by atoms with Gasteiger partial charge in [-0.1, -0.05) is 62.7 Å². The van der Waals surface area contributed by atoms with Crippen LogP contribution in [0.1, 0.15) is 61.9 Å². The minimum absolute atomic E-state index is 0.187. The fourth-order valence-corrected chi connectivity index (χ4v) is 5.76. The van der Waals surface area contributed by atoms with E-state index in [1.807, 2.05) is 85.8 Å². The fourth-order valence-electron chi connectivity index (χ4n) is 5.76. The molecule has 1 fully saturated rings. The van der Waals surface area contributed by atoms with Gasteiger partial charge in [0.1, 0.15) is 17.4 Å². The van der Waals surface area contributed by atoms with E-state index in [0.29, 0.717) is 17.9 Å². The predicted octanol–water partition coefficient (Wildman–Crippen LogP) is 7.03. The normalized spacial score (nSPS) is 14.6. The lowest BCUT2D eigenvalue weighted by Gasteiger charge is -2.30. The number of Topliss-reactive ketones (excluding diaryl/α,β-unsaturated/α-hetero) is 1. The molecular formula is C36H43N5O3. The summed E-state index contributed by atoms with van der Waals surface area (Å²) in [4.78, 5) is 26.9. The Bertz CT molecular complexity index is 1580. The number of ether oxygens (including phenoxy) is 1. The second-order valence-corrected chi connectivity index (χ2v) is 12.7. The Morgan fingerprint density at radius 2 is 1.68 bits per heavy atom. The van der Waals surface area contributed by atoms with Crippen molar-refractivity contribution in [1.82, 2.24) is 15.1 Å². The van der Waals surface area contributed by atoms with E-state index in [1.165, 1.54) is 0 Å². The third-order valence-electron chi connectivity index (χ3n) is 8.24. The molecule has 1 saturated heterocycles. The van der Waals surface area contributed by atoms with E-state index >= 15 is 0 Å². The molecule has 0 aliphatic carbocycles. The van der Waals surface area contributed by atoms with Gasteiger partial charge in [0.25, 0.3) is 0 Å². The number of benzene rings is 3. The van der Waals surface area contributed by atoms with E-state index in [9.17, 15) is 9.59 Å². The highest BCUT2D eigenvalue weighted by atomic mass is 16.5. The Labute approximate surface area is 260 Å². The molecule has 3 N–H and O–H groups in total. The molecule has 1 unspecified atom stereocenters. The topological polar surface area (TPSA) is 97.3 Å². The number of ketones is 1. The third-order valence-corrected chi connectivity index (χ3v) is 8.24. The molecule has 4 aromatic rings. The first kappa shape index (κ1) is 31.0. The fraction of sp³-hybridized carbons (Fsp3) is 0.361. The molecule has 0 bridgehead atoms. The first-order valence-electron chi connectivity index (χ1n) is 15.3. The van der Waals surface area contributed by atoms with E-state index in [2.05, 4.69) is 36.7 Å². The summed E-state index contributed by atoms with van der Waals surface area (Å²) in [6.45, 7) is 10.1. The van der Waals surface area contributed by atoms with Crippen LogP contribution in [0.5, 0.6) is 5.75 Å². The second-order valence-electron chi connectivity index (χ2n) is 12.7. The number of methoxy groups -OCH3 is 1. The SMILES string of the molecule is COc1cccc(CC(=O)C(c2ccc(NC(=O)Nc3cc(C(C)(C)C)nn3-c3ccc(C)cc3)cc2)C2CCNCC2)c1. The van der Waals surface area contributed by atoms with E-state index in [4.69, 9.17) is 9.84 Å². The van der Waals surface area contributed by atoms with Crippen molar-refractivity contribution in [3.05, 3.63) is 101 Å². The predicted molar refractivity (Wildman–Crippen MR) is 176 cm³/mol. The van der Waals surface area contributed by atoms with Crippen LogP contribution in [0, 0.1) is 12.8 Å². The quantitative estimate of drug-likeness (QED) is 0.194. The summed E-state index contributed by atoms with van der Waals surface area (Å²) in [5.74, 6) is 1.57. The van der Waals surface area contributed by atoms with Crippen LogP contribution in [0.3, 0.4) is 0 Å². The maximum absolute atomic E-state index is 13.8. The smallest absolute Gasteiger partial charge is 0.324 e. The van der Waals surface area contributed by atoms with Crippen molar-refractivity contribution in [3.63, 3.8) is 0 Å². The zero-order valence-electron chi connectivity index (χ0n) is 26.3. The molecule has 1 atom stereocenters. The van der Waals surface area contributed by atoms with Gasteiger partial charge >= 0.3 is 6.03 Å². The molecule has 2 heterocycles. The van der Waals surface area contributed by atoms with E-state index in [-0.39, 0.29) is 29.1 Å². The van der Waals surface area contributed by atoms with Crippen LogP contribution in [0.2, 0.25) is 0 Å². The van der Waals surface area contributed by atoms with Crippen molar-refractivity contribution in [1.29, 1.82) is 0 Å². The highest BCUT2D eigenvalue weighted by Gasteiger charge is 2.31. The summed E-state index contributed by atoms with van der Waals surface area (Å²) < 4.78 is 7.13. The minimum atomic E-state index is -0.365. The Morgan fingerprint density at radius 3 is 2.34 bits per heavy atom. The Morgan fingerprint density at radius 1 is 0.977 bits per heavy atom. The second kappa shape index (κ2) is 13.5. The molecule has 230 valence electrons. The Balaban J connectivity index is 1.32. The number of aryl methyl sites for hydroxylation is 1. The number of amides is 2. The first-order chi connectivity index (χ1) is 21.1. The number of nitrogens with one attached hydrogen (secondary N) is 3. The Hall–Kier alpha value is -4.43. The van der Waals surface area contributed by atoms with Crippen molar-refractivity contribution in [2.45, 2.75) is 58.3 Å². The molecule has 3 aromatic carbocycles. The van der Waals surface area contributed by atoms with Gasteiger partial charge in [-0.25, -0.2) is 9.48 Å². The lowest BCUT2D eigenvalue weighted by atomic mass is 9.76. The molecule has 44 heavy (non-hydrogen) atoms. The van der Waals surface area contributed by atoms with Crippen LogP contribution >= 0.6 is 0 Å². The lowest BCUT2D eigenvalue weighted by Crippen LogP contribution is -2.34. The highest BCUT2D eigenvalue weighted by Crippen LogP contribution is 2.34. The number of rotatable bonds is 9. The zero-order valence-corrected chi connectivity index (χ0v) is 26.3. The van der Waals surface area contributed by atoms with Gasteiger partial charge in [0.05, 0.1) is 18.5 Å². The summed E-state index contributed by atoms with van der Waals surface area (Å²) in [5.41, 5.74) is 5.28. The number of carbonyl (C=O) groups excluding carboxylic acids is 2. The van der Waals surface area contributed by atoms with Crippen molar-refractivity contribution in [2.24, 2.45) is 5.92 Å². The summed E-state index contributed by atoms with van der Waals surface area (Å²) >= 11 is 0. The average molecular weight is 594 g/mol. The van der Waals surface area contributed by atoms with Gasteiger partial charge in [-0.2, -0.15) is 5.10 Å². The lowest BCUT2D eigenvalue weighted by molar-refractivity contribution is -0.121. The molecule has 8 nitrogen and oxygen atoms in total.